The molecule has 0 spiro atoms. The molecule has 4 rings (SSSR count). The average molecular weight is 449 g/mol. The minimum absolute atomic E-state index is 0.0621. The molecule has 0 radical (unpaired) electrons. The van der Waals surface area contributed by atoms with Crippen LogP contribution in [0.4, 0.5) is 0 Å². The number of amides is 1. The van der Waals surface area contributed by atoms with Crippen molar-refractivity contribution in [3.8, 4) is 0 Å². The molecule has 0 atom stereocenters. The second kappa shape index (κ2) is 8.92. The molecule has 1 saturated carbocycles. The number of rotatable bonds is 4. The second-order valence-electron chi connectivity index (χ2n) is 8.79. The van der Waals surface area contributed by atoms with E-state index in [0.717, 1.165) is 44.1 Å². The fraction of sp³-hybridized carbons (Fsp3) is 0.609. The lowest BCUT2D eigenvalue weighted by Gasteiger charge is -2.26. The number of fused-ring (bicyclic) bond motifs is 1. The number of carbonyl (C=O) groups excluding carboxylic acids is 1. The number of benzene rings is 1. The van der Waals surface area contributed by atoms with E-state index in [-0.39, 0.29) is 28.2 Å². The third-order valence-electron chi connectivity index (χ3n) is 6.63. The summed E-state index contributed by atoms with van der Waals surface area (Å²) in [6, 6.07) is 1.86. The normalized spacial score (nSPS) is 19.0. The summed E-state index contributed by atoms with van der Waals surface area (Å²) in [6.45, 7) is 7.52. The molecule has 1 aromatic heterocycles. The molecule has 7 nitrogen and oxygen atoms in total. The summed E-state index contributed by atoms with van der Waals surface area (Å²) in [4.78, 5) is 15.0. The van der Waals surface area contributed by atoms with Gasteiger partial charge in [0.1, 0.15) is 4.90 Å². The number of carbonyl (C=O) groups is 1. The maximum absolute atomic E-state index is 13.5. The van der Waals surface area contributed by atoms with Gasteiger partial charge in [0.05, 0.1) is 13.2 Å². The minimum Gasteiger partial charge on any atom is -0.449 e. The minimum atomic E-state index is -3.80. The number of morpholine rings is 1. The number of aryl methyl sites for hydroxylation is 2. The van der Waals surface area contributed by atoms with E-state index in [0.29, 0.717) is 42.8 Å². The Kier molecular flexibility index (Phi) is 6.42. The Morgan fingerprint density at radius 3 is 2.32 bits per heavy atom. The predicted octanol–water partition coefficient (Wildman–Crippen LogP) is 3.83. The first kappa shape index (κ1) is 22.3. The van der Waals surface area contributed by atoms with E-state index in [2.05, 4.69) is 4.72 Å². The van der Waals surface area contributed by atoms with Crippen LogP contribution in [0.3, 0.4) is 0 Å². The molecule has 0 unspecified atom stereocenters. The van der Waals surface area contributed by atoms with Crippen LogP contribution < -0.4 is 4.72 Å². The van der Waals surface area contributed by atoms with E-state index >= 15 is 0 Å². The highest BCUT2D eigenvalue weighted by Crippen LogP contribution is 2.35. The molecule has 1 saturated heterocycles. The number of ether oxygens (including phenoxy) is 1. The number of hydrogen-bond donors (Lipinski definition) is 1. The zero-order valence-electron chi connectivity index (χ0n) is 18.6. The van der Waals surface area contributed by atoms with E-state index in [1.807, 2.05) is 19.9 Å². The Labute approximate surface area is 184 Å². The smallest absolute Gasteiger partial charge is 0.290 e. The molecule has 8 heteroatoms. The summed E-state index contributed by atoms with van der Waals surface area (Å²) in [5, 5.41) is 0.681. The van der Waals surface area contributed by atoms with Crippen molar-refractivity contribution in [2.75, 3.05) is 26.3 Å². The zero-order chi connectivity index (χ0) is 22.2. The highest BCUT2D eigenvalue weighted by molar-refractivity contribution is 7.89. The largest absolute Gasteiger partial charge is 0.449 e. The Bertz CT molecular complexity index is 1080. The molecule has 2 heterocycles. The summed E-state index contributed by atoms with van der Waals surface area (Å²) >= 11 is 0. The molecule has 1 amide bonds. The van der Waals surface area contributed by atoms with Crippen LogP contribution in [0.5, 0.6) is 0 Å². The SMILES string of the molecule is Cc1cc2c(C)c(C(=O)N3CCOCC3)oc2c(S(=O)(=O)NC2CCCCCC2)c1C. The monoisotopic (exact) mass is 448 g/mol. The summed E-state index contributed by atoms with van der Waals surface area (Å²) < 4.78 is 41.3. The van der Waals surface area contributed by atoms with Crippen molar-refractivity contribution in [1.29, 1.82) is 0 Å². The first-order valence-electron chi connectivity index (χ1n) is 11.2. The van der Waals surface area contributed by atoms with Crippen molar-refractivity contribution in [1.82, 2.24) is 9.62 Å². The van der Waals surface area contributed by atoms with Crippen LogP contribution in [0.2, 0.25) is 0 Å². The lowest BCUT2D eigenvalue weighted by molar-refractivity contribution is 0.0283. The van der Waals surface area contributed by atoms with Crippen molar-refractivity contribution in [3.63, 3.8) is 0 Å². The van der Waals surface area contributed by atoms with Crippen LogP contribution in [0, 0.1) is 20.8 Å². The molecule has 2 fully saturated rings. The number of furan rings is 1. The van der Waals surface area contributed by atoms with E-state index in [9.17, 15) is 13.2 Å². The van der Waals surface area contributed by atoms with Crippen LogP contribution in [0.15, 0.2) is 15.4 Å². The topological polar surface area (TPSA) is 88.9 Å². The predicted molar refractivity (Wildman–Crippen MR) is 119 cm³/mol. The quantitative estimate of drug-likeness (QED) is 0.718. The van der Waals surface area contributed by atoms with E-state index < -0.39 is 10.0 Å². The first-order chi connectivity index (χ1) is 14.8. The first-order valence-corrected chi connectivity index (χ1v) is 12.7. The van der Waals surface area contributed by atoms with Gasteiger partial charge in [0.2, 0.25) is 10.0 Å². The van der Waals surface area contributed by atoms with Crippen LogP contribution >= 0.6 is 0 Å². The van der Waals surface area contributed by atoms with E-state index in [4.69, 9.17) is 9.15 Å². The third-order valence-corrected chi connectivity index (χ3v) is 8.30. The summed E-state index contributed by atoms with van der Waals surface area (Å²) in [5.74, 6) is 0.000183. The van der Waals surface area contributed by atoms with Gasteiger partial charge in [-0.05, 0) is 50.8 Å². The molecule has 2 aromatic rings. The van der Waals surface area contributed by atoms with Crippen molar-refractivity contribution >= 4 is 26.9 Å². The number of nitrogens with zero attached hydrogens (tertiary/aromatic N) is 1. The molecule has 1 aliphatic heterocycles. The van der Waals surface area contributed by atoms with Gasteiger partial charge < -0.3 is 14.1 Å². The van der Waals surface area contributed by atoms with E-state index in [1.54, 1.807) is 11.8 Å². The van der Waals surface area contributed by atoms with Crippen LogP contribution in [0.1, 0.15) is 65.8 Å². The van der Waals surface area contributed by atoms with Gasteiger partial charge in [-0.2, -0.15) is 0 Å². The zero-order valence-corrected chi connectivity index (χ0v) is 19.4. The molecule has 1 N–H and O–H groups in total. The van der Waals surface area contributed by atoms with Gasteiger partial charge in [-0.3, -0.25) is 4.79 Å². The lowest BCUT2D eigenvalue weighted by Crippen LogP contribution is -2.40. The summed E-state index contributed by atoms with van der Waals surface area (Å²) in [6.07, 6.45) is 6.07. The molecular weight excluding hydrogens is 416 g/mol. The summed E-state index contributed by atoms with van der Waals surface area (Å²) in [7, 11) is -3.80. The highest BCUT2D eigenvalue weighted by atomic mass is 32.2. The van der Waals surface area contributed by atoms with Gasteiger partial charge in [0.25, 0.3) is 5.91 Å². The molecule has 1 aromatic carbocycles. The van der Waals surface area contributed by atoms with Gasteiger partial charge in [-0.25, -0.2) is 13.1 Å². The highest BCUT2D eigenvalue weighted by Gasteiger charge is 2.31. The van der Waals surface area contributed by atoms with Crippen molar-refractivity contribution in [2.24, 2.45) is 0 Å². The fourth-order valence-electron chi connectivity index (χ4n) is 4.66. The number of hydrogen-bond acceptors (Lipinski definition) is 5. The maximum atomic E-state index is 13.5. The standard InChI is InChI=1S/C23H32N2O5S/c1-15-14-19-17(3)20(23(26)25-10-12-29-13-11-25)30-21(19)22(16(15)2)31(27,28)24-18-8-6-4-5-7-9-18/h14,18,24H,4-13H2,1-3H3. The van der Waals surface area contributed by atoms with Crippen molar-refractivity contribution in [2.45, 2.75) is 70.2 Å². The Morgan fingerprint density at radius 2 is 1.68 bits per heavy atom. The summed E-state index contributed by atoms with van der Waals surface area (Å²) in [5.41, 5.74) is 2.48. The Hall–Kier alpha value is -1.90. The fourth-order valence-corrected chi connectivity index (χ4v) is 6.41. The third kappa shape index (κ3) is 4.38. The Balaban J connectivity index is 1.77. The van der Waals surface area contributed by atoms with E-state index in [1.165, 1.54) is 0 Å². The van der Waals surface area contributed by atoms with Crippen molar-refractivity contribution < 1.29 is 22.4 Å². The van der Waals surface area contributed by atoms with Gasteiger partial charge in [-0.1, -0.05) is 25.7 Å². The van der Waals surface area contributed by atoms with Gasteiger partial charge >= 0.3 is 0 Å². The van der Waals surface area contributed by atoms with Crippen LogP contribution in [0.25, 0.3) is 11.0 Å². The molecule has 0 bridgehead atoms. The molecule has 2 aliphatic rings. The number of nitrogens with one attached hydrogen (secondary N) is 1. The van der Waals surface area contributed by atoms with Gasteiger partial charge in [0.15, 0.2) is 11.3 Å². The molecule has 1 aliphatic carbocycles. The van der Waals surface area contributed by atoms with Crippen molar-refractivity contribution in [3.05, 3.63) is 28.5 Å². The molecule has 31 heavy (non-hydrogen) atoms. The van der Waals surface area contributed by atoms with Gasteiger partial charge in [-0.15, -0.1) is 0 Å². The Morgan fingerprint density at radius 1 is 1.03 bits per heavy atom. The maximum Gasteiger partial charge on any atom is 0.290 e. The lowest BCUT2D eigenvalue weighted by atomic mass is 10.0. The second-order valence-corrected chi connectivity index (χ2v) is 10.4. The molecule has 170 valence electrons. The number of sulfonamides is 1. The van der Waals surface area contributed by atoms with Gasteiger partial charge in [0, 0.05) is 30.1 Å². The molecular formula is C23H32N2O5S. The van der Waals surface area contributed by atoms with Crippen LogP contribution in [-0.4, -0.2) is 51.6 Å². The average Bonchev–Trinajstić information content (AvgIpc) is 2.91. The van der Waals surface area contributed by atoms with Crippen LogP contribution in [-0.2, 0) is 14.8 Å².